The molecular formula is C30H22O6. The van der Waals surface area contributed by atoms with E-state index in [0.717, 1.165) is 33.4 Å². The number of fused-ring (bicyclic) bond motifs is 4. The van der Waals surface area contributed by atoms with Gasteiger partial charge in [0.1, 0.15) is 23.0 Å². The molecule has 0 bridgehead atoms. The summed E-state index contributed by atoms with van der Waals surface area (Å²) < 4.78 is 22.5. The van der Waals surface area contributed by atoms with Crippen molar-refractivity contribution in [2.45, 2.75) is 12.3 Å². The Balaban J connectivity index is 1.48. The van der Waals surface area contributed by atoms with Crippen LogP contribution in [-0.4, -0.2) is 26.0 Å². The number of ether oxygens (including phenoxy) is 4. The largest absolute Gasteiger partial charge is 0.497 e. The third kappa shape index (κ3) is 3.50. The zero-order chi connectivity index (χ0) is 24.8. The van der Waals surface area contributed by atoms with Crippen LogP contribution >= 0.6 is 0 Å². The highest BCUT2D eigenvalue weighted by molar-refractivity contribution is 6.15. The number of hydrogen-bond donors (Lipinski definition) is 0. The maximum absolute atomic E-state index is 13.3. The van der Waals surface area contributed by atoms with Gasteiger partial charge in [-0.3, -0.25) is 9.59 Å². The number of allylic oxidation sites excluding steroid dienone is 1. The summed E-state index contributed by atoms with van der Waals surface area (Å²) in [6.07, 6.45) is 1.84. The van der Waals surface area contributed by atoms with E-state index in [-0.39, 0.29) is 29.9 Å². The first-order valence-electron chi connectivity index (χ1n) is 11.6. The molecule has 0 spiro atoms. The number of Topliss-reactive ketones (excluding diaryl/α,β-unsaturated/α-hetero) is 1. The van der Waals surface area contributed by atoms with Crippen molar-refractivity contribution < 1.29 is 28.5 Å². The molecular weight excluding hydrogens is 456 g/mol. The van der Waals surface area contributed by atoms with E-state index >= 15 is 0 Å². The van der Waals surface area contributed by atoms with Crippen LogP contribution in [0.1, 0.15) is 39.4 Å². The molecule has 2 aliphatic rings. The third-order valence-corrected chi connectivity index (χ3v) is 6.71. The standard InChI is InChI=1S/C30H22O6/c1-33-18-9-7-17(8-10-18)15-26-29(32)22-12-14-25-28(30(22)36-26)23(16-27(31)35-25)20-11-13-24(34-2)21-6-4-3-5-19(20)21/h3-15,23H,16H2,1-2H3. The fourth-order valence-corrected chi connectivity index (χ4v) is 5.00. The number of methoxy groups -OCH3 is 2. The van der Waals surface area contributed by atoms with Crippen molar-refractivity contribution in [3.05, 3.63) is 101 Å². The van der Waals surface area contributed by atoms with E-state index < -0.39 is 0 Å². The van der Waals surface area contributed by atoms with Gasteiger partial charge in [0.05, 0.1) is 26.2 Å². The third-order valence-electron chi connectivity index (χ3n) is 6.71. The second kappa shape index (κ2) is 8.57. The quantitative estimate of drug-likeness (QED) is 0.206. The molecule has 0 aromatic heterocycles. The van der Waals surface area contributed by atoms with E-state index in [1.807, 2.05) is 60.7 Å². The van der Waals surface area contributed by atoms with E-state index in [9.17, 15) is 9.59 Å². The van der Waals surface area contributed by atoms with E-state index in [4.69, 9.17) is 18.9 Å². The molecule has 4 aromatic carbocycles. The van der Waals surface area contributed by atoms with Crippen molar-refractivity contribution in [2.75, 3.05) is 14.2 Å². The van der Waals surface area contributed by atoms with Gasteiger partial charge in [-0.15, -0.1) is 0 Å². The van der Waals surface area contributed by atoms with Gasteiger partial charge in [-0.05, 0) is 52.9 Å². The first-order valence-corrected chi connectivity index (χ1v) is 11.6. The van der Waals surface area contributed by atoms with Crippen molar-refractivity contribution in [3.63, 3.8) is 0 Å². The molecule has 178 valence electrons. The minimum Gasteiger partial charge on any atom is -0.497 e. The van der Waals surface area contributed by atoms with Crippen molar-refractivity contribution in [2.24, 2.45) is 0 Å². The van der Waals surface area contributed by atoms with E-state index in [2.05, 4.69) is 0 Å². The van der Waals surface area contributed by atoms with Gasteiger partial charge in [0.25, 0.3) is 0 Å². The molecule has 36 heavy (non-hydrogen) atoms. The maximum atomic E-state index is 13.3. The van der Waals surface area contributed by atoms with Crippen molar-refractivity contribution in [1.29, 1.82) is 0 Å². The Labute approximate surface area is 207 Å². The van der Waals surface area contributed by atoms with Crippen LogP contribution in [0.3, 0.4) is 0 Å². The average Bonchev–Trinajstić information content (AvgIpc) is 3.22. The van der Waals surface area contributed by atoms with Gasteiger partial charge in [0.2, 0.25) is 5.78 Å². The summed E-state index contributed by atoms with van der Waals surface area (Å²) in [4.78, 5) is 25.9. The summed E-state index contributed by atoms with van der Waals surface area (Å²) in [6.45, 7) is 0. The van der Waals surface area contributed by atoms with Crippen molar-refractivity contribution in [1.82, 2.24) is 0 Å². The molecule has 0 saturated heterocycles. The number of benzene rings is 4. The van der Waals surface area contributed by atoms with Crippen LogP contribution in [0.25, 0.3) is 16.8 Å². The monoisotopic (exact) mass is 478 g/mol. The van der Waals surface area contributed by atoms with Gasteiger partial charge in [-0.1, -0.05) is 42.5 Å². The molecule has 0 aliphatic carbocycles. The molecule has 2 heterocycles. The predicted molar refractivity (Wildman–Crippen MR) is 135 cm³/mol. The lowest BCUT2D eigenvalue weighted by Gasteiger charge is -2.27. The summed E-state index contributed by atoms with van der Waals surface area (Å²) in [6, 6.07) is 22.5. The van der Waals surface area contributed by atoms with Crippen LogP contribution in [0, 0.1) is 0 Å². The summed E-state index contributed by atoms with van der Waals surface area (Å²) in [5.41, 5.74) is 2.91. The van der Waals surface area contributed by atoms with E-state index in [0.29, 0.717) is 22.6 Å². The van der Waals surface area contributed by atoms with Gasteiger partial charge >= 0.3 is 5.97 Å². The molecule has 1 atom stereocenters. The number of esters is 1. The first kappa shape index (κ1) is 21.9. The molecule has 2 aliphatic heterocycles. The predicted octanol–water partition coefficient (Wildman–Crippen LogP) is 5.91. The SMILES string of the molecule is COc1ccc(C=C2Oc3c(ccc4c3C(c3ccc(OC)c5ccccc35)CC(=O)O4)C2=O)cc1. The van der Waals surface area contributed by atoms with Crippen LogP contribution in [0.4, 0.5) is 0 Å². The van der Waals surface area contributed by atoms with E-state index in [1.165, 1.54) is 0 Å². The zero-order valence-electron chi connectivity index (χ0n) is 19.7. The molecule has 6 nitrogen and oxygen atoms in total. The highest BCUT2D eigenvalue weighted by Crippen LogP contribution is 2.50. The van der Waals surface area contributed by atoms with Crippen molar-refractivity contribution >= 4 is 28.6 Å². The molecule has 4 aromatic rings. The average molecular weight is 479 g/mol. The van der Waals surface area contributed by atoms with Gasteiger partial charge in [-0.2, -0.15) is 0 Å². The molecule has 6 rings (SSSR count). The summed E-state index contributed by atoms with van der Waals surface area (Å²) >= 11 is 0. The smallest absolute Gasteiger partial charge is 0.312 e. The molecule has 0 radical (unpaired) electrons. The normalized spacial score (nSPS) is 17.4. The molecule has 6 heteroatoms. The van der Waals surface area contributed by atoms with Gasteiger partial charge in [-0.25, -0.2) is 0 Å². The molecule has 0 saturated carbocycles. The van der Waals surface area contributed by atoms with Crippen LogP contribution in [-0.2, 0) is 4.79 Å². The second-order valence-corrected chi connectivity index (χ2v) is 8.70. The minimum absolute atomic E-state index is 0.134. The molecule has 0 N–H and O–H groups in total. The fraction of sp³-hybridized carbons (Fsp3) is 0.133. The molecule has 0 fully saturated rings. The number of rotatable bonds is 4. The van der Waals surface area contributed by atoms with E-state index in [1.54, 1.807) is 32.4 Å². The Hall–Kier alpha value is -4.58. The topological polar surface area (TPSA) is 71.1 Å². The lowest BCUT2D eigenvalue weighted by molar-refractivity contribution is -0.135. The first-order chi connectivity index (χ1) is 17.6. The number of carbonyl (C=O) groups is 2. The Morgan fingerprint density at radius 3 is 2.36 bits per heavy atom. The Bertz CT molecular complexity index is 1560. The Kier molecular flexibility index (Phi) is 5.22. The maximum Gasteiger partial charge on any atom is 0.312 e. The zero-order valence-corrected chi connectivity index (χ0v) is 19.7. The second-order valence-electron chi connectivity index (χ2n) is 8.70. The van der Waals surface area contributed by atoms with Gasteiger partial charge < -0.3 is 18.9 Å². The number of carbonyl (C=O) groups excluding carboxylic acids is 2. The van der Waals surface area contributed by atoms with Crippen LogP contribution in [0.2, 0.25) is 0 Å². The number of ketones is 1. The summed E-state index contributed by atoms with van der Waals surface area (Å²) in [5.74, 6) is 1.67. The number of hydrogen-bond acceptors (Lipinski definition) is 6. The fourth-order valence-electron chi connectivity index (χ4n) is 5.00. The lowest BCUT2D eigenvalue weighted by Crippen LogP contribution is -2.21. The van der Waals surface area contributed by atoms with Crippen LogP contribution < -0.4 is 18.9 Å². The highest BCUT2D eigenvalue weighted by Gasteiger charge is 2.39. The highest BCUT2D eigenvalue weighted by atomic mass is 16.5. The van der Waals surface area contributed by atoms with Crippen LogP contribution in [0.15, 0.2) is 78.6 Å². The Morgan fingerprint density at radius 2 is 1.61 bits per heavy atom. The van der Waals surface area contributed by atoms with Crippen molar-refractivity contribution in [3.8, 4) is 23.0 Å². The Morgan fingerprint density at radius 1 is 0.833 bits per heavy atom. The summed E-state index contributed by atoms with van der Waals surface area (Å²) in [5, 5.41) is 1.92. The van der Waals surface area contributed by atoms with Crippen LogP contribution in [0.5, 0.6) is 23.0 Å². The minimum atomic E-state index is -0.347. The molecule has 0 amide bonds. The van der Waals surface area contributed by atoms with Gasteiger partial charge in [0, 0.05) is 16.9 Å². The lowest BCUT2D eigenvalue weighted by atomic mass is 9.82. The summed E-state index contributed by atoms with van der Waals surface area (Å²) in [7, 11) is 3.24. The van der Waals surface area contributed by atoms with Gasteiger partial charge in [0.15, 0.2) is 5.76 Å². The molecule has 1 unspecified atom stereocenters.